The fourth-order valence-corrected chi connectivity index (χ4v) is 3.66. The zero-order valence-electron chi connectivity index (χ0n) is 15.0. The first kappa shape index (κ1) is 17.3. The minimum absolute atomic E-state index is 0.152. The molecule has 0 aliphatic carbocycles. The maximum Gasteiger partial charge on any atom is 0.322 e. The van der Waals surface area contributed by atoms with Gasteiger partial charge in [0.1, 0.15) is 5.82 Å². The summed E-state index contributed by atoms with van der Waals surface area (Å²) in [5.74, 6) is -0.587. The van der Waals surface area contributed by atoms with E-state index in [1.807, 2.05) is 30.3 Å². The number of hydrogen-bond acceptors (Lipinski definition) is 2. The second-order valence-electron chi connectivity index (χ2n) is 6.79. The molecule has 5 nitrogen and oxygen atoms in total. The summed E-state index contributed by atoms with van der Waals surface area (Å²) in [6, 6.07) is 15.1. The molecule has 3 amide bonds. The summed E-state index contributed by atoms with van der Waals surface area (Å²) in [6.45, 7) is 0.901. The highest BCUT2D eigenvalue weighted by Gasteiger charge is 2.43. The van der Waals surface area contributed by atoms with Crippen molar-refractivity contribution < 1.29 is 14.0 Å². The molecule has 2 aliphatic heterocycles. The number of amides is 3. The van der Waals surface area contributed by atoms with Crippen LogP contribution >= 0.6 is 0 Å². The summed E-state index contributed by atoms with van der Waals surface area (Å²) in [4.78, 5) is 28.6. The van der Waals surface area contributed by atoms with Crippen LogP contribution in [0.25, 0.3) is 0 Å². The van der Waals surface area contributed by atoms with Gasteiger partial charge in [-0.15, -0.1) is 0 Å². The second-order valence-corrected chi connectivity index (χ2v) is 6.79. The Hall–Kier alpha value is -3.15. The number of nitrogens with one attached hydrogen (secondary N) is 1. The zero-order chi connectivity index (χ0) is 19.0. The normalized spacial score (nSPS) is 19.4. The quantitative estimate of drug-likeness (QED) is 0.906. The number of nitrogens with zero attached hydrogens (tertiary/aromatic N) is 2. The van der Waals surface area contributed by atoms with Crippen LogP contribution in [0.2, 0.25) is 0 Å². The summed E-state index contributed by atoms with van der Waals surface area (Å²) in [6.07, 6.45) is 0.725. The lowest BCUT2D eigenvalue weighted by atomic mass is 9.95. The lowest BCUT2D eigenvalue weighted by Crippen LogP contribution is -2.45. The largest absolute Gasteiger partial charge is 0.333 e. The summed E-state index contributed by atoms with van der Waals surface area (Å²) in [7, 11) is 1.64. The third kappa shape index (κ3) is 3.07. The van der Waals surface area contributed by atoms with Crippen molar-refractivity contribution in [3.05, 3.63) is 82.8 Å². The highest BCUT2D eigenvalue weighted by molar-refractivity contribution is 6.01. The molecule has 27 heavy (non-hydrogen) atoms. The fourth-order valence-electron chi connectivity index (χ4n) is 3.66. The average molecular weight is 365 g/mol. The lowest BCUT2D eigenvalue weighted by molar-refractivity contribution is -0.125. The van der Waals surface area contributed by atoms with Gasteiger partial charge < -0.3 is 10.2 Å². The van der Waals surface area contributed by atoms with Crippen molar-refractivity contribution in [1.82, 2.24) is 15.1 Å². The van der Waals surface area contributed by atoms with Crippen LogP contribution in [0.1, 0.15) is 17.2 Å². The molecule has 1 unspecified atom stereocenters. The third-order valence-corrected chi connectivity index (χ3v) is 5.16. The first-order valence-corrected chi connectivity index (χ1v) is 8.91. The van der Waals surface area contributed by atoms with Gasteiger partial charge in [-0.05, 0) is 18.1 Å². The van der Waals surface area contributed by atoms with Gasteiger partial charge in [0.15, 0.2) is 0 Å². The van der Waals surface area contributed by atoms with Crippen LogP contribution in [-0.2, 0) is 11.2 Å². The minimum atomic E-state index is -0.765. The van der Waals surface area contributed by atoms with Crippen LogP contribution in [0.5, 0.6) is 0 Å². The maximum absolute atomic E-state index is 14.3. The van der Waals surface area contributed by atoms with E-state index in [2.05, 4.69) is 5.32 Å². The first-order chi connectivity index (χ1) is 13.1. The Kier molecular flexibility index (Phi) is 4.39. The first-order valence-electron chi connectivity index (χ1n) is 8.91. The van der Waals surface area contributed by atoms with Crippen LogP contribution in [0, 0.1) is 5.82 Å². The van der Waals surface area contributed by atoms with Gasteiger partial charge in [-0.3, -0.25) is 9.69 Å². The van der Waals surface area contributed by atoms with Gasteiger partial charge >= 0.3 is 6.03 Å². The van der Waals surface area contributed by atoms with Gasteiger partial charge in [-0.2, -0.15) is 0 Å². The molecule has 0 fully saturated rings. The number of hydrogen-bond donors (Lipinski definition) is 1. The van der Waals surface area contributed by atoms with E-state index in [0.717, 1.165) is 12.0 Å². The van der Waals surface area contributed by atoms with Crippen LogP contribution in [0.15, 0.2) is 65.9 Å². The third-order valence-electron chi connectivity index (χ3n) is 5.16. The van der Waals surface area contributed by atoms with Crippen LogP contribution < -0.4 is 5.32 Å². The Balaban J connectivity index is 1.61. The number of carbonyl (C=O) groups is 2. The van der Waals surface area contributed by atoms with Crippen molar-refractivity contribution in [1.29, 1.82) is 0 Å². The summed E-state index contributed by atoms with van der Waals surface area (Å²) in [5, 5.41) is 2.76. The van der Waals surface area contributed by atoms with Crippen molar-refractivity contribution in [3.8, 4) is 0 Å². The van der Waals surface area contributed by atoms with Crippen molar-refractivity contribution in [3.63, 3.8) is 0 Å². The molecule has 2 aromatic carbocycles. The van der Waals surface area contributed by atoms with E-state index < -0.39 is 11.9 Å². The Bertz CT molecular complexity index is 926. The van der Waals surface area contributed by atoms with Gasteiger partial charge in [-0.1, -0.05) is 48.5 Å². The SMILES string of the molecule is CN1C(=O)NC(c2ccccc2F)C2=C1CN(CCc1ccccc1)C2=O. The van der Waals surface area contributed by atoms with E-state index >= 15 is 0 Å². The van der Waals surface area contributed by atoms with Gasteiger partial charge in [0, 0.05) is 19.2 Å². The topological polar surface area (TPSA) is 52.7 Å². The summed E-state index contributed by atoms with van der Waals surface area (Å²) >= 11 is 0. The van der Waals surface area contributed by atoms with Crippen LogP contribution in [-0.4, -0.2) is 41.9 Å². The number of likely N-dealkylation sites (N-methyl/N-ethyl adjacent to an activating group) is 1. The van der Waals surface area contributed by atoms with Gasteiger partial charge in [0.05, 0.1) is 23.9 Å². The second kappa shape index (κ2) is 6.87. The lowest BCUT2D eigenvalue weighted by Gasteiger charge is -2.31. The van der Waals surface area contributed by atoms with Gasteiger partial charge in [0.2, 0.25) is 0 Å². The molecule has 0 bridgehead atoms. The van der Waals surface area contributed by atoms with E-state index in [1.54, 1.807) is 30.1 Å². The van der Waals surface area contributed by atoms with Crippen molar-refractivity contribution >= 4 is 11.9 Å². The molecule has 2 heterocycles. The van der Waals surface area contributed by atoms with Crippen molar-refractivity contribution in [2.75, 3.05) is 20.1 Å². The highest BCUT2D eigenvalue weighted by Crippen LogP contribution is 2.36. The molecule has 2 aromatic rings. The smallest absolute Gasteiger partial charge is 0.322 e. The fraction of sp³-hybridized carbons (Fsp3) is 0.238. The number of rotatable bonds is 4. The molecule has 0 saturated heterocycles. The van der Waals surface area contributed by atoms with Gasteiger partial charge in [-0.25, -0.2) is 9.18 Å². The Morgan fingerprint density at radius 2 is 1.78 bits per heavy atom. The molecule has 138 valence electrons. The zero-order valence-corrected chi connectivity index (χ0v) is 15.0. The Morgan fingerprint density at radius 1 is 1.07 bits per heavy atom. The molecule has 0 spiro atoms. The Morgan fingerprint density at radius 3 is 2.52 bits per heavy atom. The van der Waals surface area contributed by atoms with Crippen molar-refractivity contribution in [2.45, 2.75) is 12.5 Å². The molecule has 6 heteroatoms. The standard InChI is InChI=1S/C21H20FN3O2/c1-24-17-13-25(12-11-14-7-3-2-4-8-14)20(26)18(17)19(23-21(24)27)15-9-5-6-10-16(15)22/h2-10,19H,11-13H2,1H3,(H,23,27). The average Bonchev–Trinajstić information content (AvgIpc) is 3.01. The molecule has 0 saturated carbocycles. The predicted molar refractivity (Wildman–Crippen MR) is 99.2 cm³/mol. The number of halogens is 1. The molecular formula is C21H20FN3O2. The van der Waals surface area contributed by atoms with E-state index in [0.29, 0.717) is 29.9 Å². The number of benzene rings is 2. The molecule has 4 rings (SSSR count). The van der Waals surface area contributed by atoms with Crippen LogP contribution in [0.4, 0.5) is 9.18 Å². The van der Waals surface area contributed by atoms with E-state index in [9.17, 15) is 14.0 Å². The van der Waals surface area contributed by atoms with E-state index in [4.69, 9.17) is 0 Å². The molecule has 1 N–H and O–H groups in total. The molecule has 2 aliphatic rings. The van der Waals surface area contributed by atoms with Gasteiger partial charge in [0.25, 0.3) is 5.91 Å². The molecule has 1 atom stereocenters. The Labute approximate surface area is 157 Å². The van der Waals surface area contributed by atoms with E-state index in [-0.39, 0.29) is 11.9 Å². The highest BCUT2D eigenvalue weighted by atomic mass is 19.1. The summed E-state index contributed by atoms with van der Waals surface area (Å²) in [5.41, 5.74) is 2.55. The predicted octanol–water partition coefficient (Wildman–Crippen LogP) is 2.86. The minimum Gasteiger partial charge on any atom is -0.333 e. The summed E-state index contributed by atoms with van der Waals surface area (Å²) < 4.78 is 14.3. The number of urea groups is 1. The maximum atomic E-state index is 14.3. The molecular weight excluding hydrogens is 345 g/mol. The molecule has 0 aromatic heterocycles. The monoisotopic (exact) mass is 365 g/mol. The number of carbonyl (C=O) groups excluding carboxylic acids is 2. The van der Waals surface area contributed by atoms with Crippen LogP contribution in [0.3, 0.4) is 0 Å². The van der Waals surface area contributed by atoms with E-state index in [1.165, 1.54) is 11.0 Å². The molecule has 0 radical (unpaired) electrons. The van der Waals surface area contributed by atoms with Crippen molar-refractivity contribution in [2.24, 2.45) is 0 Å².